The van der Waals surface area contributed by atoms with Crippen molar-refractivity contribution in [1.82, 2.24) is 20.1 Å². The molecule has 2 N–H and O–H groups in total. The van der Waals surface area contributed by atoms with E-state index in [-0.39, 0.29) is 18.9 Å². The van der Waals surface area contributed by atoms with Gasteiger partial charge in [-0.3, -0.25) is 14.4 Å². The fourth-order valence-electron chi connectivity index (χ4n) is 4.25. The van der Waals surface area contributed by atoms with Crippen molar-refractivity contribution in [2.24, 2.45) is 4.99 Å². The summed E-state index contributed by atoms with van der Waals surface area (Å²) in [5.74, 6) is 1.25. The van der Waals surface area contributed by atoms with Crippen LogP contribution in [0.15, 0.2) is 29.3 Å². The number of aliphatic hydroxyl groups excluding tert-OH is 1. The summed E-state index contributed by atoms with van der Waals surface area (Å²) in [5, 5.41) is 22.0. The molecule has 10 nitrogen and oxygen atoms in total. The summed E-state index contributed by atoms with van der Waals surface area (Å²) in [4.78, 5) is 19.3. The van der Waals surface area contributed by atoms with Gasteiger partial charge in [-0.1, -0.05) is 23.7 Å². The van der Waals surface area contributed by atoms with Crippen LogP contribution in [0.5, 0.6) is 0 Å². The lowest BCUT2D eigenvalue weighted by atomic mass is 9.99. The molecule has 0 unspecified atom stereocenters. The van der Waals surface area contributed by atoms with E-state index in [1.54, 1.807) is 11.3 Å². The quantitative estimate of drug-likeness (QED) is 0.283. The number of fused-ring (bicyclic) bond motifs is 3. The standard InChI is InChI=1S/C27H34ClN5O5S/c1-17-18(2)39-27-24(17)25(20-4-6-21(28)7-5-20)30-22(26-32-31-19(3)33(26)27)16-23(35)29-8-10-36-12-14-38-15-13-37-11-9-34/h4-7,22,34H,8-16H2,1-3H3,(H,29,35)/t22-/m0/s1. The minimum absolute atomic E-state index is 0.0000284. The number of amides is 1. The molecule has 3 heterocycles. The van der Waals surface area contributed by atoms with Crippen molar-refractivity contribution in [2.75, 3.05) is 52.8 Å². The minimum atomic E-state index is -0.515. The summed E-state index contributed by atoms with van der Waals surface area (Å²) in [7, 11) is 0. The molecule has 1 aromatic carbocycles. The Morgan fingerprint density at radius 1 is 1.03 bits per heavy atom. The van der Waals surface area contributed by atoms with Gasteiger partial charge in [0.2, 0.25) is 5.91 Å². The zero-order valence-corrected chi connectivity index (χ0v) is 24.0. The second-order valence-electron chi connectivity index (χ2n) is 9.02. The summed E-state index contributed by atoms with van der Waals surface area (Å²) >= 11 is 7.84. The van der Waals surface area contributed by atoms with E-state index in [4.69, 9.17) is 35.9 Å². The lowest BCUT2D eigenvalue weighted by Crippen LogP contribution is -2.29. The van der Waals surface area contributed by atoms with Crippen LogP contribution in [0, 0.1) is 20.8 Å². The molecule has 12 heteroatoms. The van der Waals surface area contributed by atoms with Crippen LogP contribution in [0.4, 0.5) is 0 Å². The Labute approximate surface area is 237 Å². The number of aliphatic imine (C=N–C) groups is 1. The van der Waals surface area contributed by atoms with Crippen LogP contribution < -0.4 is 5.32 Å². The number of aromatic nitrogens is 3. The van der Waals surface area contributed by atoms with Crippen molar-refractivity contribution in [3.05, 3.63) is 62.5 Å². The maximum Gasteiger partial charge on any atom is 0.222 e. The first kappa shape index (κ1) is 29.3. The summed E-state index contributed by atoms with van der Waals surface area (Å²) in [6, 6.07) is 7.09. The number of halogens is 1. The van der Waals surface area contributed by atoms with Crippen molar-refractivity contribution in [2.45, 2.75) is 33.2 Å². The third-order valence-corrected chi connectivity index (χ3v) is 7.73. The van der Waals surface area contributed by atoms with Crippen LogP contribution in [0.25, 0.3) is 5.00 Å². The molecule has 0 spiro atoms. The molecule has 4 rings (SSSR count). The predicted molar refractivity (Wildman–Crippen MR) is 150 cm³/mol. The summed E-state index contributed by atoms with van der Waals surface area (Å²) in [5.41, 5.74) is 3.92. The van der Waals surface area contributed by atoms with Gasteiger partial charge in [-0.2, -0.15) is 0 Å². The number of thiophene rings is 1. The highest BCUT2D eigenvalue weighted by molar-refractivity contribution is 7.15. The normalized spacial score (nSPS) is 14.5. The summed E-state index contributed by atoms with van der Waals surface area (Å²) < 4.78 is 18.1. The van der Waals surface area contributed by atoms with Gasteiger partial charge < -0.3 is 24.6 Å². The highest BCUT2D eigenvalue weighted by atomic mass is 35.5. The van der Waals surface area contributed by atoms with Crippen LogP contribution in [-0.4, -0.2) is 84.3 Å². The summed E-state index contributed by atoms with van der Waals surface area (Å²) in [6.07, 6.45) is 0.124. The van der Waals surface area contributed by atoms with Crippen LogP contribution in [-0.2, 0) is 19.0 Å². The third kappa shape index (κ3) is 7.30. The predicted octanol–water partition coefficient (Wildman–Crippen LogP) is 3.35. The number of benzene rings is 1. The molecule has 0 aliphatic carbocycles. The SMILES string of the molecule is Cc1sc2c(c1C)C(c1ccc(Cl)cc1)=N[C@@H](CC(=O)NCCOCCOCCOCCO)c1nnc(C)n1-2. The van der Waals surface area contributed by atoms with Crippen LogP contribution in [0.2, 0.25) is 5.02 Å². The van der Waals surface area contributed by atoms with E-state index in [1.807, 2.05) is 35.8 Å². The third-order valence-electron chi connectivity index (χ3n) is 6.28. The van der Waals surface area contributed by atoms with E-state index in [0.717, 1.165) is 33.2 Å². The fraction of sp³-hybridized carbons (Fsp3) is 0.481. The van der Waals surface area contributed by atoms with Gasteiger partial charge in [0.15, 0.2) is 5.82 Å². The Balaban J connectivity index is 1.42. The minimum Gasteiger partial charge on any atom is -0.394 e. The number of ether oxygens (including phenoxy) is 3. The molecular formula is C27H34ClN5O5S. The fourth-order valence-corrected chi connectivity index (χ4v) is 5.59. The highest BCUT2D eigenvalue weighted by Crippen LogP contribution is 2.39. The Morgan fingerprint density at radius 2 is 1.69 bits per heavy atom. The van der Waals surface area contributed by atoms with Crippen molar-refractivity contribution in [1.29, 1.82) is 0 Å². The van der Waals surface area contributed by atoms with Crippen molar-refractivity contribution >= 4 is 34.6 Å². The molecular weight excluding hydrogens is 542 g/mol. The number of hydrogen-bond donors (Lipinski definition) is 2. The lowest BCUT2D eigenvalue weighted by Gasteiger charge is -2.13. The number of aryl methyl sites for hydroxylation is 2. The Bertz CT molecular complexity index is 1290. The van der Waals surface area contributed by atoms with Crippen molar-refractivity contribution in [3.63, 3.8) is 0 Å². The molecule has 0 saturated carbocycles. The van der Waals surface area contributed by atoms with E-state index in [2.05, 4.69) is 29.4 Å². The van der Waals surface area contributed by atoms with Crippen molar-refractivity contribution < 1.29 is 24.1 Å². The van der Waals surface area contributed by atoms with Crippen LogP contribution >= 0.6 is 22.9 Å². The molecule has 0 radical (unpaired) electrons. The van der Waals surface area contributed by atoms with Gasteiger partial charge in [0, 0.05) is 27.6 Å². The maximum absolute atomic E-state index is 13.0. The molecule has 3 aromatic rings. The van der Waals surface area contributed by atoms with Crippen LogP contribution in [0.1, 0.15) is 45.7 Å². The first-order valence-corrected chi connectivity index (χ1v) is 14.1. The number of rotatable bonds is 14. The average molecular weight is 576 g/mol. The number of carbonyl (C=O) groups excluding carboxylic acids is 1. The number of nitrogens with zero attached hydrogens (tertiary/aromatic N) is 4. The first-order valence-electron chi connectivity index (χ1n) is 12.9. The number of aliphatic hydroxyl groups is 1. The molecule has 0 saturated heterocycles. The molecule has 0 fully saturated rings. The van der Waals surface area contributed by atoms with Gasteiger partial charge in [0.25, 0.3) is 0 Å². The van der Waals surface area contributed by atoms with Crippen LogP contribution in [0.3, 0.4) is 0 Å². The van der Waals surface area contributed by atoms with Gasteiger partial charge in [-0.25, -0.2) is 0 Å². The Hall–Kier alpha value is -2.67. The van der Waals surface area contributed by atoms with Gasteiger partial charge in [-0.15, -0.1) is 21.5 Å². The number of hydrogen-bond acceptors (Lipinski definition) is 9. The van der Waals surface area contributed by atoms with E-state index >= 15 is 0 Å². The smallest absolute Gasteiger partial charge is 0.222 e. The second kappa shape index (κ2) is 14.1. The molecule has 2 aromatic heterocycles. The maximum atomic E-state index is 13.0. The zero-order valence-electron chi connectivity index (χ0n) is 22.4. The van der Waals surface area contributed by atoms with Crippen molar-refractivity contribution in [3.8, 4) is 5.00 Å². The van der Waals surface area contributed by atoms with E-state index in [1.165, 1.54) is 4.88 Å². The largest absolute Gasteiger partial charge is 0.394 e. The van der Waals surface area contributed by atoms with E-state index in [9.17, 15) is 4.79 Å². The molecule has 1 aliphatic rings. The van der Waals surface area contributed by atoms with Gasteiger partial charge >= 0.3 is 0 Å². The topological polar surface area (TPSA) is 120 Å². The average Bonchev–Trinajstić information content (AvgIpc) is 3.39. The van der Waals surface area contributed by atoms with E-state index in [0.29, 0.717) is 57.0 Å². The molecule has 39 heavy (non-hydrogen) atoms. The lowest BCUT2D eigenvalue weighted by molar-refractivity contribution is -0.121. The number of nitrogens with one attached hydrogen (secondary N) is 1. The van der Waals surface area contributed by atoms with Gasteiger partial charge in [0.1, 0.15) is 16.9 Å². The Morgan fingerprint density at radius 3 is 2.38 bits per heavy atom. The summed E-state index contributed by atoms with van der Waals surface area (Å²) in [6.45, 7) is 8.87. The molecule has 1 amide bonds. The molecule has 0 bridgehead atoms. The number of carbonyl (C=O) groups is 1. The van der Waals surface area contributed by atoms with Gasteiger partial charge in [-0.05, 0) is 38.5 Å². The first-order chi connectivity index (χ1) is 18.9. The molecule has 1 atom stereocenters. The second-order valence-corrected chi connectivity index (χ2v) is 10.7. The van der Waals surface area contributed by atoms with Gasteiger partial charge in [0.05, 0.1) is 58.4 Å². The molecule has 1 aliphatic heterocycles. The van der Waals surface area contributed by atoms with E-state index < -0.39 is 6.04 Å². The Kier molecular flexibility index (Phi) is 10.6. The molecule has 210 valence electrons. The zero-order chi connectivity index (χ0) is 27.8. The monoisotopic (exact) mass is 575 g/mol. The highest BCUT2D eigenvalue weighted by Gasteiger charge is 2.32.